The molecule has 0 fully saturated rings. The molecule has 0 bridgehead atoms. The average Bonchev–Trinajstić information content (AvgIpc) is 2.56. The van der Waals surface area contributed by atoms with E-state index in [4.69, 9.17) is 0 Å². The Kier molecular flexibility index (Phi) is 4.64. The number of hydrogen-bond donors (Lipinski definition) is 2. The van der Waals surface area contributed by atoms with Crippen LogP contribution in [0.4, 0.5) is 11.4 Å². The van der Waals surface area contributed by atoms with Gasteiger partial charge < -0.3 is 10.6 Å². The molecule has 0 radical (unpaired) electrons. The summed E-state index contributed by atoms with van der Waals surface area (Å²) < 4.78 is 0. The molecule has 0 spiro atoms. The molecule has 1 aliphatic rings. The maximum Gasteiger partial charge on any atom is 0.0457 e. The zero-order valence-electron chi connectivity index (χ0n) is 16.3. The van der Waals surface area contributed by atoms with Gasteiger partial charge in [-0.2, -0.15) is 0 Å². The molecule has 2 aromatic rings. The van der Waals surface area contributed by atoms with E-state index in [0.717, 1.165) is 0 Å². The lowest BCUT2D eigenvalue weighted by molar-refractivity contribution is 0.669. The first-order chi connectivity index (χ1) is 11.8. The van der Waals surface area contributed by atoms with E-state index in [0.29, 0.717) is 12.0 Å². The lowest BCUT2D eigenvalue weighted by Crippen LogP contribution is -2.30. The van der Waals surface area contributed by atoms with E-state index in [1.54, 1.807) is 0 Å². The van der Waals surface area contributed by atoms with E-state index in [2.05, 4.69) is 101 Å². The van der Waals surface area contributed by atoms with Crippen LogP contribution in [0.25, 0.3) is 0 Å². The van der Waals surface area contributed by atoms with Crippen LogP contribution in [0.5, 0.6) is 0 Å². The predicted octanol–water partition coefficient (Wildman–Crippen LogP) is 6.09. The van der Waals surface area contributed by atoms with E-state index < -0.39 is 0 Å². The quantitative estimate of drug-likeness (QED) is 0.707. The van der Waals surface area contributed by atoms with Crippen LogP contribution in [0.2, 0.25) is 0 Å². The Morgan fingerprint density at radius 2 is 1.68 bits per heavy atom. The van der Waals surface area contributed by atoms with Gasteiger partial charge in [0.05, 0.1) is 0 Å². The summed E-state index contributed by atoms with van der Waals surface area (Å²) in [7, 11) is 0. The number of rotatable bonds is 4. The Morgan fingerprint density at radius 1 is 1.00 bits per heavy atom. The summed E-state index contributed by atoms with van der Waals surface area (Å²) in [5.41, 5.74) is 7.56. The second-order valence-electron chi connectivity index (χ2n) is 7.96. The minimum atomic E-state index is -0.138. The van der Waals surface area contributed by atoms with Gasteiger partial charge in [0.1, 0.15) is 0 Å². The number of nitrogens with one attached hydrogen (secondary N) is 2. The lowest BCUT2D eigenvalue weighted by Gasteiger charge is -2.38. The summed E-state index contributed by atoms with van der Waals surface area (Å²) in [4.78, 5) is 0. The number of fused-ring (bicyclic) bond motifs is 1. The summed E-state index contributed by atoms with van der Waals surface area (Å²) in [5, 5.41) is 7.27. The van der Waals surface area contributed by atoms with Crippen molar-refractivity contribution in [1.82, 2.24) is 0 Å². The first-order valence-electron chi connectivity index (χ1n) is 9.28. The standard InChI is InChI=1S/C23H30N2/c1-15(2)21-14-23(6,18-10-8-7-9-11-18)20-13-19(24-16(3)4)12-17(5)22(20)25-21/h7-16,24-25H,1-6H3. The topological polar surface area (TPSA) is 24.1 Å². The minimum Gasteiger partial charge on any atom is -0.383 e. The molecule has 25 heavy (non-hydrogen) atoms. The van der Waals surface area contributed by atoms with Gasteiger partial charge in [0, 0.05) is 28.5 Å². The van der Waals surface area contributed by atoms with Crippen LogP contribution < -0.4 is 10.6 Å². The van der Waals surface area contributed by atoms with Crippen molar-refractivity contribution in [2.24, 2.45) is 5.92 Å². The number of hydrogen-bond acceptors (Lipinski definition) is 2. The third kappa shape index (κ3) is 3.30. The molecule has 2 nitrogen and oxygen atoms in total. The second kappa shape index (κ2) is 6.59. The van der Waals surface area contributed by atoms with Gasteiger partial charge in [0.2, 0.25) is 0 Å². The third-order valence-corrected chi connectivity index (χ3v) is 5.06. The maximum atomic E-state index is 3.70. The number of benzene rings is 2. The van der Waals surface area contributed by atoms with Crippen molar-refractivity contribution >= 4 is 11.4 Å². The van der Waals surface area contributed by atoms with Gasteiger partial charge in [-0.25, -0.2) is 0 Å². The summed E-state index contributed by atoms with van der Waals surface area (Å²) >= 11 is 0. The van der Waals surface area contributed by atoms with Crippen LogP contribution in [-0.2, 0) is 5.41 Å². The van der Waals surface area contributed by atoms with E-state index >= 15 is 0 Å². The van der Waals surface area contributed by atoms with Gasteiger partial charge in [0.15, 0.2) is 0 Å². The molecule has 0 amide bonds. The fourth-order valence-electron chi connectivity index (χ4n) is 3.68. The molecule has 1 atom stereocenters. The molecule has 2 heteroatoms. The fraction of sp³-hybridized carbons (Fsp3) is 0.391. The zero-order valence-corrected chi connectivity index (χ0v) is 16.3. The minimum absolute atomic E-state index is 0.138. The number of allylic oxidation sites excluding steroid dienone is 2. The van der Waals surface area contributed by atoms with Crippen LogP contribution in [0.1, 0.15) is 51.3 Å². The molecule has 0 aliphatic carbocycles. The van der Waals surface area contributed by atoms with Crippen LogP contribution in [0.15, 0.2) is 54.2 Å². The van der Waals surface area contributed by atoms with Crippen molar-refractivity contribution in [3.63, 3.8) is 0 Å². The molecule has 1 heterocycles. The largest absolute Gasteiger partial charge is 0.383 e. The van der Waals surface area contributed by atoms with Crippen LogP contribution in [-0.4, -0.2) is 6.04 Å². The Bertz CT molecular complexity index is 787. The molecule has 0 saturated heterocycles. The second-order valence-corrected chi connectivity index (χ2v) is 7.96. The number of anilines is 2. The highest BCUT2D eigenvalue weighted by molar-refractivity contribution is 5.73. The average molecular weight is 335 g/mol. The Labute approximate surface area is 152 Å². The van der Waals surface area contributed by atoms with Crippen molar-refractivity contribution < 1.29 is 0 Å². The Balaban J connectivity index is 2.23. The van der Waals surface area contributed by atoms with Gasteiger partial charge in [-0.1, -0.05) is 50.3 Å². The molecule has 2 aromatic carbocycles. The van der Waals surface area contributed by atoms with E-state index in [1.165, 1.54) is 33.8 Å². The van der Waals surface area contributed by atoms with Crippen LogP contribution in [0, 0.1) is 12.8 Å². The van der Waals surface area contributed by atoms with Crippen molar-refractivity contribution in [3.05, 3.63) is 70.9 Å². The molecule has 1 aliphatic heterocycles. The Hall–Kier alpha value is -2.22. The van der Waals surface area contributed by atoms with Crippen molar-refractivity contribution in [2.75, 3.05) is 10.6 Å². The van der Waals surface area contributed by atoms with E-state index in [-0.39, 0.29) is 5.41 Å². The summed E-state index contributed by atoms with van der Waals surface area (Å²) in [5.74, 6) is 0.462. The molecular weight excluding hydrogens is 304 g/mol. The molecule has 2 N–H and O–H groups in total. The van der Waals surface area contributed by atoms with Gasteiger partial charge in [-0.05, 0) is 62.4 Å². The maximum absolute atomic E-state index is 3.70. The van der Waals surface area contributed by atoms with Gasteiger partial charge in [-0.3, -0.25) is 0 Å². The van der Waals surface area contributed by atoms with E-state index in [9.17, 15) is 0 Å². The van der Waals surface area contributed by atoms with Gasteiger partial charge in [-0.15, -0.1) is 0 Å². The molecule has 0 aromatic heterocycles. The summed E-state index contributed by atoms with van der Waals surface area (Å²) in [6.07, 6.45) is 2.41. The highest BCUT2D eigenvalue weighted by Crippen LogP contribution is 2.45. The van der Waals surface area contributed by atoms with E-state index in [1.807, 2.05) is 0 Å². The smallest absolute Gasteiger partial charge is 0.0457 e. The SMILES string of the molecule is Cc1cc(NC(C)C)cc2c1NC(C(C)C)=CC2(C)c1ccccc1. The predicted molar refractivity (Wildman–Crippen MR) is 109 cm³/mol. The monoisotopic (exact) mass is 334 g/mol. The van der Waals surface area contributed by atoms with Crippen LogP contribution >= 0.6 is 0 Å². The lowest BCUT2D eigenvalue weighted by atomic mass is 9.71. The van der Waals surface area contributed by atoms with Crippen molar-refractivity contribution in [3.8, 4) is 0 Å². The van der Waals surface area contributed by atoms with Crippen molar-refractivity contribution in [2.45, 2.75) is 53.0 Å². The molecule has 3 rings (SSSR count). The fourth-order valence-corrected chi connectivity index (χ4v) is 3.68. The normalized spacial score (nSPS) is 19.4. The van der Waals surface area contributed by atoms with Gasteiger partial charge >= 0.3 is 0 Å². The third-order valence-electron chi connectivity index (χ3n) is 5.06. The first kappa shape index (κ1) is 17.6. The molecule has 1 unspecified atom stereocenters. The van der Waals surface area contributed by atoms with Crippen molar-refractivity contribution in [1.29, 1.82) is 0 Å². The summed E-state index contributed by atoms with van der Waals surface area (Å²) in [6.45, 7) is 13.4. The molecular formula is C23H30N2. The first-order valence-corrected chi connectivity index (χ1v) is 9.28. The zero-order chi connectivity index (χ0) is 18.2. The number of aryl methyl sites for hydroxylation is 1. The highest BCUT2D eigenvalue weighted by atomic mass is 14.9. The van der Waals surface area contributed by atoms with Gasteiger partial charge in [0.25, 0.3) is 0 Å². The summed E-state index contributed by atoms with van der Waals surface area (Å²) in [6, 6.07) is 15.8. The molecule has 0 saturated carbocycles. The highest BCUT2D eigenvalue weighted by Gasteiger charge is 2.34. The molecule has 132 valence electrons. The Morgan fingerprint density at radius 3 is 2.28 bits per heavy atom. The van der Waals surface area contributed by atoms with Crippen LogP contribution in [0.3, 0.4) is 0 Å².